The van der Waals surface area contributed by atoms with Crippen LogP contribution in [-0.2, 0) is 28.7 Å². The second-order valence-corrected chi connectivity index (χ2v) is 9.49. The lowest BCUT2D eigenvalue weighted by molar-refractivity contribution is -0.144. The third-order valence-electron chi connectivity index (χ3n) is 7.70. The van der Waals surface area contributed by atoms with Crippen LogP contribution < -0.4 is 10.6 Å². The normalized spacial score (nSPS) is 32.7. The number of hydrogen-bond acceptors (Lipinski definition) is 4. The smallest absolute Gasteiger partial charge is 0.355 e. The molecule has 2 N–H and O–H groups in total. The fourth-order valence-electron chi connectivity index (χ4n) is 6.23. The number of amides is 2. The minimum absolute atomic E-state index is 0.0260. The van der Waals surface area contributed by atoms with E-state index in [-0.39, 0.29) is 36.4 Å². The van der Waals surface area contributed by atoms with Crippen molar-refractivity contribution in [1.82, 2.24) is 20.5 Å². The molecule has 2 saturated carbocycles. The fourth-order valence-corrected chi connectivity index (χ4v) is 6.23. The molecule has 3 heterocycles. The van der Waals surface area contributed by atoms with Crippen LogP contribution in [0.3, 0.4) is 0 Å². The van der Waals surface area contributed by atoms with Crippen molar-refractivity contribution >= 4 is 11.8 Å². The number of nitrogens with one attached hydrogen (secondary N) is 2. The Hall–Kier alpha value is -2.16. The number of carbonyl (C=O) groups excluding carboxylic acids is 2. The molecule has 168 valence electrons. The fraction of sp³-hybridized carbons (Fsp3) is 0.682. The number of aromatic nitrogens is 1. The van der Waals surface area contributed by atoms with Gasteiger partial charge in [0.05, 0.1) is 17.0 Å². The van der Waals surface area contributed by atoms with Gasteiger partial charge in [-0.3, -0.25) is 14.6 Å². The van der Waals surface area contributed by atoms with Crippen molar-refractivity contribution in [3.8, 4) is 0 Å². The predicted molar refractivity (Wildman–Crippen MR) is 106 cm³/mol. The van der Waals surface area contributed by atoms with Gasteiger partial charge in [-0.25, -0.2) is 0 Å². The van der Waals surface area contributed by atoms with E-state index in [9.17, 15) is 22.8 Å². The summed E-state index contributed by atoms with van der Waals surface area (Å²) in [4.78, 5) is 31.4. The predicted octanol–water partition coefficient (Wildman–Crippen LogP) is 2.41. The van der Waals surface area contributed by atoms with Crippen LogP contribution in [0.2, 0.25) is 0 Å². The van der Waals surface area contributed by atoms with Gasteiger partial charge in [0.15, 0.2) is 0 Å². The summed E-state index contributed by atoms with van der Waals surface area (Å²) in [6.45, 7) is 1.35. The van der Waals surface area contributed by atoms with E-state index >= 15 is 0 Å². The number of fused-ring (bicyclic) bond motifs is 2. The summed E-state index contributed by atoms with van der Waals surface area (Å²) in [7, 11) is 0. The van der Waals surface area contributed by atoms with Crippen molar-refractivity contribution in [3.63, 3.8) is 0 Å². The molecular weight excluding hydrogens is 409 g/mol. The SMILES string of the molecule is O=C1NCC[C@@H]1N[C@@H]1C[C@H]2CCC[C@@]2(C(=O)N2CCc3ncc(C(F)(F)F)cc3C2)C1. The summed E-state index contributed by atoms with van der Waals surface area (Å²) in [6.07, 6.45) is 2.05. The number of carbonyl (C=O) groups is 2. The summed E-state index contributed by atoms with van der Waals surface area (Å²) in [5, 5.41) is 6.30. The third kappa shape index (κ3) is 3.60. The average molecular weight is 436 g/mol. The first-order valence-corrected chi connectivity index (χ1v) is 11.1. The van der Waals surface area contributed by atoms with Crippen LogP contribution in [0.4, 0.5) is 13.2 Å². The number of nitrogens with zero attached hydrogens (tertiary/aromatic N) is 2. The second-order valence-electron chi connectivity index (χ2n) is 9.49. The molecule has 31 heavy (non-hydrogen) atoms. The molecule has 2 amide bonds. The minimum atomic E-state index is -4.44. The zero-order chi connectivity index (χ0) is 21.8. The number of halogens is 3. The van der Waals surface area contributed by atoms with E-state index < -0.39 is 17.2 Å². The molecule has 4 atom stereocenters. The lowest BCUT2D eigenvalue weighted by Crippen LogP contribution is -2.47. The Kier molecular flexibility index (Phi) is 4.99. The van der Waals surface area contributed by atoms with Gasteiger partial charge in [0.2, 0.25) is 11.8 Å². The van der Waals surface area contributed by atoms with Gasteiger partial charge in [-0.1, -0.05) is 6.42 Å². The molecule has 5 rings (SSSR count). The largest absolute Gasteiger partial charge is 0.417 e. The van der Waals surface area contributed by atoms with Crippen LogP contribution in [0.5, 0.6) is 0 Å². The number of rotatable bonds is 3. The van der Waals surface area contributed by atoms with Gasteiger partial charge in [0.25, 0.3) is 0 Å². The summed E-state index contributed by atoms with van der Waals surface area (Å²) >= 11 is 0. The Bertz CT molecular complexity index is 905. The summed E-state index contributed by atoms with van der Waals surface area (Å²) in [6, 6.07) is 1.08. The van der Waals surface area contributed by atoms with Gasteiger partial charge in [-0.15, -0.1) is 0 Å². The molecule has 0 spiro atoms. The molecule has 1 aromatic rings. The Balaban J connectivity index is 1.33. The molecule has 3 fully saturated rings. The number of hydrogen-bond donors (Lipinski definition) is 2. The molecule has 2 aliphatic carbocycles. The second kappa shape index (κ2) is 7.46. The van der Waals surface area contributed by atoms with Crippen LogP contribution in [0, 0.1) is 11.3 Å². The minimum Gasteiger partial charge on any atom is -0.355 e. The Morgan fingerprint density at radius 3 is 2.90 bits per heavy atom. The topological polar surface area (TPSA) is 74.3 Å². The average Bonchev–Trinajstić information content (AvgIpc) is 3.41. The van der Waals surface area contributed by atoms with Gasteiger partial charge < -0.3 is 15.5 Å². The molecule has 9 heteroatoms. The first kappa shape index (κ1) is 20.7. The molecule has 0 bridgehead atoms. The van der Waals surface area contributed by atoms with Gasteiger partial charge in [-0.2, -0.15) is 13.2 Å². The zero-order valence-electron chi connectivity index (χ0n) is 17.3. The van der Waals surface area contributed by atoms with Crippen LogP contribution in [0.15, 0.2) is 12.3 Å². The van der Waals surface area contributed by atoms with Crippen molar-refractivity contribution in [3.05, 3.63) is 29.1 Å². The molecule has 0 aromatic carbocycles. The molecule has 1 saturated heterocycles. The summed E-state index contributed by atoms with van der Waals surface area (Å²) in [5.74, 6) is 0.360. The van der Waals surface area contributed by atoms with E-state index in [1.807, 2.05) is 0 Å². The lowest BCUT2D eigenvalue weighted by atomic mass is 9.78. The molecular formula is C22H27F3N4O2. The van der Waals surface area contributed by atoms with Crippen LogP contribution in [-0.4, -0.2) is 46.9 Å². The highest BCUT2D eigenvalue weighted by atomic mass is 19.4. The van der Waals surface area contributed by atoms with Gasteiger partial charge in [0, 0.05) is 44.0 Å². The number of alkyl halides is 3. The Morgan fingerprint density at radius 1 is 1.32 bits per heavy atom. The molecule has 0 unspecified atom stereocenters. The highest BCUT2D eigenvalue weighted by Gasteiger charge is 2.56. The van der Waals surface area contributed by atoms with E-state index in [1.54, 1.807) is 4.90 Å². The molecule has 6 nitrogen and oxygen atoms in total. The van der Waals surface area contributed by atoms with E-state index in [0.717, 1.165) is 44.4 Å². The van der Waals surface area contributed by atoms with E-state index in [2.05, 4.69) is 15.6 Å². The maximum Gasteiger partial charge on any atom is 0.417 e. The van der Waals surface area contributed by atoms with Crippen molar-refractivity contribution in [1.29, 1.82) is 0 Å². The van der Waals surface area contributed by atoms with Gasteiger partial charge in [0.1, 0.15) is 0 Å². The lowest BCUT2D eigenvalue weighted by Gasteiger charge is -2.37. The maximum absolute atomic E-state index is 13.7. The Labute approximate surface area is 179 Å². The van der Waals surface area contributed by atoms with E-state index in [1.165, 1.54) is 0 Å². The maximum atomic E-state index is 13.7. The highest BCUT2D eigenvalue weighted by Crippen LogP contribution is 2.55. The van der Waals surface area contributed by atoms with Crippen molar-refractivity contribution in [2.45, 2.75) is 69.8 Å². The molecule has 0 radical (unpaired) electrons. The third-order valence-corrected chi connectivity index (χ3v) is 7.70. The Morgan fingerprint density at radius 2 is 2.16 bits per heavy atom. The van der Waals surface area contributed by atoms with E-state index in [4.69, 9.17) is 0 Å². The van der Waals surface area contributed by atoms with Crippen molar-refractivity contribution in [2.24, 2.45) is 11.3 Å². The summed E-state index contributed by atoms with van der Waals surface area (Å²) in [5.41, 5.74) is -0.0805. The molecule has 1 aromatic heterocycles. The number of pyridine rings is 1. The van der Waals surface area contributed by atoms with Crippen molar-refractivity contribution in [2.75, 3.05) is 13.1 Å². The zero-order valence-corrected chi connectivity index (χ0v) is 17.3. The van der Waals surface area contributed by atoms with Gasteiger partial charge >= 0.3 is 6.18 Å². The summed E-state index contributed by atoms with van der Waals surface area (Å²) < 4.78 is 39.3. The monoisotopic (exact) mass is 436 g/mol. The molecule has 4 aliphatic rings. The molecule has 2 aliphatic heterocycles. The highest BCUT2D eigenvalue weighted by molar-refractivity contribution is 5.85. The van der Waals surface area contributed by atoms with E-state index in [0.29, 0.717) is 37.2 Å². The first-order chi connectivity index (χ1) is 14.8. The first-order valence-electron chi connectivity index (χ1n) is 11.1. The van der Waals surface area contributed by atoms with Gasteiger partial charge in [-0.05, 0) is 49.7 Å². The standard InChI is InChI=1S/C22H27F3N4O2/c23-22(24,25)15-8-13-12-29(7-4-17(13)27-11-15)20(31)21-5-1-2-14(21)9-16(10-21)28-18-3-6-26-19(18)30/h8,11,14,16,18,28H,1-7,9-10,12H2,(H,26,30)/t14-,16-,18+,21-/m1/s1. The van der Waals surface area contributed by atoms with Crippen LogP contribution in [0.1, 0.15) is 55.3 Å². The van der Waals surface area contributed by atoms with Crippen LogP contribution >= 0.6 is 0 Å². The van der Waals surface area contributed by atoms with Crippen LogP contribution in [0.25, 0.3) is 0 Å². The quantitative estimate of drug-likeness (QED) is 0.763. The van der Waals surface area contributed by atoms with Crippen molar-refractivity contribution < 1.29 is 22.8 Å².